The first-order valence-electron chi connectivity index (χ1n) is 6.35. The Labute approximate surface area is 107 Å². The summed E-state index contributed by atoms with van der Waals surface area (Å²) in [4.78, 5) is 16.1. The highest BCUT2D eigenvalue weighted by Gasteiger charge is 2.10. The van der Waals surface area contributed by atoms with Crippen molar-refractivity contribution in [2.75, 3.05) is 12.3 Å². The highest BCUT2D eigenvalue weighted by Crippen LogP contribution is 2.19. The van der Waals surface area contributed by atoms with Crippen LogP contribution in [0.2, 0.25) is 0 Å². The van der Waals surface area contributed by atoms with Crippen LogP contribution in [-0.4, -0.2) is 17.4 Å². The first-order chi connectivity index (χ1) is 8.66. The average molecular weight is 245 g/mol. The number of aromatic nitrogens is 1. The van der Waals surface area contributed by atoms with Crippen LogP contribution in [0, 0.1) is 6.92 Å². The van der Waals surface area contributed by atoms with E-state index in [1.165, 1.54) is 24.8 Å². The van der Waals surface area contributed by atoms with Crippen molar-refractivity contribution in [3.63, 3.8) is 0 Å². The van der Waals surface area contributed by atoms with Crippen LogP contribution >= 0.6 is 0 Å². The van der Waals surface area contributed by atoms with E-state index in [9.17, 15) is 4.79 Å². The molecule has 0 radical (unpaired) electrons. The second-order valence-corrected chi connectivity index (χ2v) is 4.66. The van der Waals surface area contributed by atoms with E-state index in [1.54, 1.807) is 12.3 Å². The van der Waals surface area contributed by atoms with Gasteiger partial charge >= 0.3 is 0 Å². The van der Waals surface area contributed by atoms with E-state index in [2.05, 4.69) is 16.4 Å². The quantitative estimate of drug-likeness (QED) is 0.799. The molecule has 0 aromatic carbocycles. The fourth-order valence-corrected chi connectivity index (χ4v) is 2.18. The summed E-state index contributed by atoms with van der Waals surface area (Å²) in [5.41, 5.74) is 8.89. The number of aryl methyl sites for hydroxylation is 1. The zero-order chi connectivity index (χ0) is 13.0. The smallest absolute Gasteiger partial charge is 0.253 e. The molecule has 3 N–H and O–H groups in total. The average Bonchev–Trinajstić information content (AvgIpc) is 2.85. The molecule has 2 rings (SSSR count). The third-order valence-corrected chi connectivity index (χ3v) is 3.22. The van der Waals surface area contributed by atoms with Crippen molar-refractivity contribution in [2.24, 2.45) is 0 Å². The molecule has 0 saturated carbocycles. The highest BCUT2D eigenvalue weighted by molar-refractivity contribution is 5.95. The molecule has 1 aliphatic carbocycles. The van der Waals surface area contributed by atoms with Crippen molar-refractivity contribution >= 4 is 11.6 Å². The van der Waals surface area contributed by atoms with Crippen LogP contribution in [0.3, 0.4) is 0 Å². The van der Waals surface area contributed by atoms with Crippen LogP contribution in [0.1, 0.15) is 41.7 Å². The zero-order valence-corrected chi connectivity index (χ0v) is 10.7. The van der Waals surface area contributed by atoms with Gasteiger partial charge in [-0.3, -0.25) is 9.78 Å². The highest BCUT2D eigenvalue weighted by atomic mass is 16.1. The number of nitrogens with zero attached hydrogens (tertiary/aromatic N) is 1. The SMILES string of the molecule is Cc1ncc(N)cc1C(=O)NCCC1=CCCC1. The lowest BCUT2D eigenvalue weighted by molar-refractivity contribution is 0.0953. The Balaban J connectivity index is 1.89. The summed E-state index contributed by atoms with van der Waals surface area (Å²) in [5, 5.41) is 2.92. The van der Waals surface area contributed by atoms with E-state index in [0.29, 0.717) is 23.5 Å². The van der Waals surface area contributed by atoms with Gasteiger partial charge in [-0.25, -0.2) is 0 Å². The molecule has 0 unspecified atom stereocenters. The molecule has 0 bridgehead atoms. The molecular weight excluding hydrogens is 226 g/mol. The second kappa shape index (κ2) is 5.67. The number of carbonyl (C=O) groups excluding carboxylic acids is 1. The largest absolute Gasteiger partial charge is 0.397 e. The van der Waals surface area contributed by atoms with Gasteiger partial charge in [-0.05, 0) is 38.7 Å². The fourth-order valence-electron chi connectivity index (χ4n) is 2.18. The van der Waals surface area contributed by atoms with Crippen LogP contribution in [0.15, 0.2) is 23.9 Å². The van der Waals surface area contributed by atoms with Crippen molar-refractivity contribution < 1.29 is 4.79 Å². The lowest BCUT2D eigenvalue weighted by Gasteiger charge is -2.08. The Kier molecular flexibility index (Phi) is 3.97. The van der Waals surface area contributed by atoms with Crippen LogP contribution in [0.5, 0.6) is 0 Å². The minimum absolute atomic E-state index is 0.0918. The molecular formula is C14H19N3O. The number of pyridine rings is 1. The summed E-state index contributed by atoms with van der Waals surface area (Å²) in [5.74, 6) is -0.0918. The van der Waals surface area contributed by atoms with E-state index in [4.69, 9.17) is 5.73 Å². The van der Waals surface area contributed by atoms with Crippen LogP contribution in [0.4, 0.5) is 5.69 Å². The van der Waals surface area contributed by atoms with Gasteiger partial charge in [0.15, 0.2) is 0 Å². The molecule has 0 fully saturated rings. The number of allylic oxidation sites excluding steroid dienone is 1. The Morgan fingerprint density at radius 1 is 1.56 bits per heavy atom. The van der Waals surface area contributed by atoms with Crippen molar-refractivity contribution in [1.29, 1.82) is 0 Å². The lowest BCUT2D eigenvalue weighted by Crippen LogP contribution is -2.25. The Hall–Kier alpha value is -1.84. The molecule has 1 aliphatic rings. The van der Waals surface area contributed by atoms with Crippen molar-refractivity contribution in [1.82, 2.24) is 10.3 Å². The van der Waals surface area contributed by atoms with Crippen LogP contribution in [0.25, 0.3) is 0 Å². The summed E-state index contributed by atoms with van der Waals surface area (Å²) in [6.45, 7) is 2.49. The van der Waals surface area contributed by atoms with Crippen molar-refractivity contribution in [3.05, 3.63) is 35.2 Å². The first kappa shape index (κ1) is 12.6. The van der Waals surface area contributed by atoms with Gasteiger partial charge in [-0.1, -0.05) is 11.6 Å². The summed E-state index contributed by atoms with van der Waals surface area (Å²) in [7, 11) is 0. The monoisotopic (exact) mass is 245 g/mol. The third kappa shape index (κ3) is 3.09. The molecule has 96 valence electrons. The summed E-state index contributed by atoms with van der Waals surface area (Å²) in [6, 6.07) is 1.67. The van der Waals surface area contributed by atoms with Gasteiger partial charge in [0.1, 0.15) is 0 Å². The predicted octanol–water partition coefficient (Wildman–Crippen LogP) is 2.20. The molecule has 1 aromatic heterocycles. The summed E-state index contributed by atoms with van der Waals surface area (Å²) >= 11 is 0. The number of nitrogens with one attached hydrogen (secondary N) is 1. The number of rotatable bonds is 4. The molecule has 18 heavy (non-hydrogen) atoms. The number of hydrogen-bond donors (Lipinski definition) is 2. The molecule has 0 atom stereocenters. The fraction of sp³-hybridized carbons (Fsp3) is 0.429. The second-order valence-electron chi connectivity index (χ2n) is 4.66. The number of amides is 1. The number of anilines is 1. The zero-order valence-electron chi connectivity index (χ0n) is 10.7. The van der Waals surface area contributed by atoms with E-state index in [1.807, 2.05) is 6.92 Å². The maximum absolute atomic E-state index is 12.0. The minimum Gasteiger partial charge on any atom is -0.397 e. The predicted molar refractivity (Wildman–Crippen MR) is 72.3 cm³/mol. The van der Waals surface area contributed by atoms with Crippen LogP contribution in [-0.2, 0) is 0 Å². The number of nitrogen functional groups attached to an aromatic ring is 1. The molecule has 0 saturated heterocycles. The van der Waals surface area contributed by atoms with Gasteiger partial charge in [0.05, 0.1) is 23.1 Å². The Bertz CT molecular complexity index is 480. The lowest BCUT2D eigenvalue weighted by atomic mass is 10.1. The molecule has 1 heterocycles. The van der Waals surface area contributed by atoms with Gasteiger partial charge in [0.2, 0.25) is 0 Å². The number of carbonyl (C=O) groups is 1. The maximum atomic E-state index is 12.0. The normalized spacial score (nSPS) is 14.4. The standard InChI is InChI=1S/C14H19N3O/c1-10-13(8-12(15)9-17-10)14(18)16-7-6-11-4-2-3-5-11/h4,8-9H,2-3,5-7,15H2,1H3,(H,16,18). The minimum atomic E-state index is -0.0918. The van der Waals surface area contributed by atoms with E-state index < -0.39 is 0 Å². The maximum Gasteiger partial charge on any atom is 0.253 e. The van der Waals surface area contributed by atoms with Crippen molar-refractivity contribution in [3.8, 4) is 0 Å². The Morgan fingerprint density at radius 3 is 3.11 bits per heavy atom. The van der Waals surface area contributed by atoms with Gasteiger partial charge in [-0.2, -0.15) is 0 Å². The molecule has 4 nitrogen and oxygen atoms in total. The van der Waals surface area contributed by atoms with E-state index >= 15 is 0 Å². The van der Waals surface area contributed by atoms with Crippen LogP contribution < -0.4 is 11.1 Å². The number of hydrogen-bond acceptors (Lipinski definition) is 3. The van der Waals surface area contributed by atoms with Crippen molar-refractivity contribution in [2.45, 2.75) is 32.6 Å². The Morgan fingerprint density at radius 2 is 2.39 bits per heavy atom. The summed E-state index contributed by atoms with van der Waals surface area (Å²) in [6.07, 6.45) is 8.40. The first-order valence-corrected chi connectivity index (χ1v) is 6.35. The van der Waals surface area contributed by atoms with Gasteiger partial charge in [0, 0.05) is 6.54 Å². The van der Waals surface area contributed by atoms with E-state index in [0.717, 1.165) is 6.42 Å². The van der Waals surface area contributed by atoms with Gasteiger partial charge in [0.25, 0.3) is 5.91 Å². The molecule has 1 amide bonds. The molecule has 0 spiro atoms. The topological polar surface area (TPSA) is 68.0 Å². The molecule has 1 aromatic rings. The molecule has 0 aliphatic heterocycles. The summed E-state index contributed by atoms with van der Waals surface area (Å²) < 4.78 is 0. The van der Waals surface area contributed by atoms with Gasteiger partial charge in [-0.15, -0.1) is 0 Å². The van der Waals surface area contributed by atoms with Gasteiger partial charge < -0.3 is 11.1 Å². The third-order valence-electron chi connectivity index (χ3n) is 3.22. The van der Waals surface area contributed by atoms with E-state index in [-0.39, 0.29) is 5.91 Å². The number of nitrogens with two attached hydrogens (primary N) is 1. The molecule has 4 heteroatoms.